The summed E-state index contributed by atoms with van der Waals surface area (Å²) in [7, 11) is -8.36. The Hall–Kier alpha value is -1.53. The number of aliphatic hydroxyl groups is 1. The maximum absolute atomic E-state index is 12.0. The summed E-state index contributed by atoms with van der Waals surface area (Å²) < 4.78 is 63.1. The van der Waals surface area contributed by atoms with Crippen LogP contribution in [0.25, 0.3) is 0 Å². The number of hydrogen-bond donors (Lipinski definition) is 2. The molecule has 0 heterocycles. The first kappa shape index (κ1) is 23.5. The Morgan fingerprint density at radius 1 is 1.11 bits per heavy atom. The van der Waals surface area contributed by atoms with Gasteiger partial charge in [0.2, 0.25) is 0 Å². The van der Waals surface area contributed by atoms with E-state index in [9.17, 15) is 26.7 Å². The van der Waals surface area contributed by atoms with Crippen LogP contribution in [0.3, 0.4) is 0 Å². The molecule has 0 radical (unpaired) electrons. The first-order chi connectivity index (χ1) is 12.3. The van der Waals surface area contributed by atoms with E-state index in [-0.39, 0.29) is 13.0 Å². The number of rotatable bonds is 11. The predicted octanol–water partition coefficient (Wildman–Crippen LogP) is 0.741. The minimum Gasteiger partial charge on any atom is -0.459 e. The second kappa shape index (κ2) is 9.60. The molecule has 0 unspecified atom stereocenters. The van der Waals surface area contributed by atoms with Crippen LogP contribution in [0.5, 0.6) is 0 Å². The van der Waals surface area contributed by atoms with Crippen molar-refractivity contribution in [1.82, 2.24) is 0 Å². The standard InChI is InChI=1S/C16H24O9S2/c1-16(2,12-25-27(22,23)10-6-9-26(19,20)21)14(17)15(18)24-11-13-7-4-3-5-8-13/h3-5,7-8,14,17H,6,9-12H2,1-2H3,(H,19,20,21)/t14-/m1/s1. The van der Waals surface area contributed by atoms with Crippen LogP contribution >= 0.6 is 0 Å². The van der Waals surface area contributed by atoms with Crippen LogP contribution in [0.1, 0.15) is 25.8 Å². The lowest BCUT2D eigenvalue weighted by molar-refractivity contribution is -0.162. The van der Waals surface area contributed by atoms with E-state index in [2.05, 4.69) is 0 Å². The van der Waals surface area contributed by atoms with Gasteiger partial charge in [0.25, 0.3) is 20.2 Å². The van der Waals surface area contributed by atoms with Gasteiger partial charge in [-0.25, -0.2) is 4.79 Å². The normalized spacial score (nSPS) is 13.9. The highest BCUT2D eigenvalue weighted by Crippen LogP contribution is 2.23. The molecule has 0 fully saturated rings. The number of esters is 1. The highest BCUT2D eigenvalue weighted by molar-refractivity contribution is 7.87. The topological polar surface area (TPSA) is 144 Å². The summed E-state index contributed by atoms with van der Waals surface area (Å²) in [6.45, 7) is 2.30. The molecular weight excluding hydrogens is 400 g/mol. The molecule has 1 atom stereocenters. The zero-order chi connectivity index (χ0) is 20.7. The number of aliphatic hydroxyl groups excluding tert-OH is 1. The SMILES string of the molecule is CC(C)(COS(=O)(=O)CCCS(=O)(=O)O)[C@H](O)C(=O)OCc1ccccc1. The van der Waals surface area contributed by atoms with E-state index < -0.39 is 55.8 Å². The molecular formula is C16H24O9S2. The minimum atomic E-state index is -4.27. The van der Waals surface area contributed by atoms with Crippen LogP contribution in [0, 0.1) is 5.41 Å². The lowest BCUT2D eigenvalue weighted by Gasteiger charge is -2.28. The van der Waals surface area contributed by atoms with Crippen LogP contribution in [0.4, 0.5) is 0 Å². The van der Waals surface area contributed by atoms with Crippen molar-refractivity contribution in [2.24, 2.45) is 5.41 Å². The number of hydrogen-bond acceptors (Lipinski definition) is 8. The Morgan fingerprint density at radius 2 is 1.70 bits per heavy atom. The molecule has 0 aromatic heterocycles. The van der Waals surface area contributed by atoms with Crippen LogP contribution in [0.15, 0.2) is 30.3 Å². The van der Waals surface area contributed by atoms with Gasteiger partial charge in [0.15, 0.2) is 6.10 Å². The van der Waals surface area contributed by atoms with Crippen LogP contribution < -0.4 is 0 Å². The van der Waals surface area contributed by atoms with Gasteiger partial charge >= 0.3 is 5.97 Å². The summed E-state index contributed by atoms with van der Waals surface area (Å²) >= 11 is 0. The Morgan fingerprint density at radius 3 is 2.26 bits per heavy atom. The summed E-state index contributed by atoms with van der Waals surface area (Å²) in [5.74, 6) is -2.26. The number of carbonyl (C=O) groups is 1. The summed E-state index contributed by atoms with van der Waals surface area (Å²) in [6, 6.07) is 8.83. The third-order valence-corrected chi connectivity index (χ3v) is 5.66. The first-order valence-electron chi connectivity index (χ1n) is 8.03. The summed E-state index contributed by atoms with van der Waals surface area (Å²) in [5.41, 5.74) is -0.544. The van der Waals surface area contributed by atoms with Gasteiger partial charge in [-0.05, 0) is 12.0 Å². The molecule has 27 heavy (non-hydrogen) atoms. The number of ether oxygens (including phenoxy) is 1. The Bertz CT molecular complexity index is 815. The fourth-order valence-corrected chi connectivity index (χ4v) is 3.72. The van der Waals surface area contributed by atoms with Gasteiger partial charge in [-0.1, -0.05) is 44.2 Å². The Kier molecular flexibility index (Phi) is 8.36. The Labute approximate surface area is 159 Å². The minimum absolute atomic E-state index is 0.0401. The zero-order valence-electron chi connectivity index (χ0n) is 15.1. The molecule has 9 nitrogen and oxygen atoms in total. The number of carbonyl (C=O) groups excluding carboxylic acids is 1. The smallest absolute Gasteiger partial charge is 0.335 e. The zero-order valence-corrected chi connectivity index (χ0v) is 16.7. The monoisotopic (exact) mass is 424 g/mol. The van der Waals surface area contributed by atoms with Crippen molar-refractivity contribution in [3.05, 3.63) is 35.9 Å². The molecule has 0 saturated carbocycles. The van der Waals surface area contributed by atoms with E-state index >= 15 is 0 Å². The molecule has 0 bridgehead atoms. The molecule has 0 spiro atoms. The molecule has 154 valence electrons. The van der Waals surface area contributed by atoms with E-state index in [0.717, 1.165) is 5.56 Å². The van der Waals surface area contributed by atoms with Crippen LogP contribution in [0.2, 0.25) is 0 Å². The molecule has 1 aromatic carbocycles. The molecule has 0 amide bonds. The van der Waals surface area contributed by atoms with Gasteiger partial charge in [0, 0.05) is 5.41 Å². The van der Waals surface area contributed by atoms with E-state index in [0.29, 0.717) is 0 Å². The van der Waals surface area contributed by atoms with Crippen LogP contribution in [-0.4, -0.2) is 56.7 Å². The molecule has 2 N–H and O–H groups in total. The third kappa shape index (κ3) is 9.29. The predicted molar refractivity (Wildman–Crippen MR) is 96.8 cm³/mol. The maximum atomic E-state index is 12.0. The maximum Gasteiger partial charge on any atom is 0.335 e. The second-order valence-corrected chi connectivity index (χ2v) is 9.98. The van der Waals surface area contributed by atoms with Crippen molar-refractivity contribution in [3.8, 4) is 0 Å². The van der Waals surface area contributed by atoms with E-state index in [1.807, 2.05) is 0 Å². The molecule has 0 saturated heterocycles. The average Bonchev–Trinajstić information content (AvgIpc) is 2.57. The molecule has 1 aromatic rings. The van der Waals surface area contributed by atoms with Gasteiger partial charge in [0.1, 0.15) is 6.61 Å². The van der Waals surface area contributed by atoms with Gasteiger partial charge in [0.05, 0.1) is 18.1 Å². The van der Waals surface area contributed by atoms with Crippen molar-refractivity contribution < 1.29 is 40.2 Å². The highest BCUT2D eigenvalue weighted by Gasteiger charge is 2.36. The highest BCUT2D eigenvalue weighted by atomic mass is 32.2. The largest absolute Gasteiger partial charge is 0.459 e. The van der Waals surface area contributed by atoms with Gasteiger partial charge in [-0.2, -0.15) is 16.8 Å². The fourth-order valence-electron chi connectivity index (χ4n) is 1.92. The van der Waals surface area contributed by atoms with E-state index in [1.165, 1.54) is 13.8 Å². The summed E-state index contributed by atoms with van der Waals surface area (Å²) in [4.78, 5) is 12.0. The van der Waals surface area contributed by atoms with Crippen molar-refractivity contribution in [2.75, 3.05) is 18.1 Å². The van der Waals surface area contributed by atoms with E-state index in [4.69, 9.17) is 13.5 Å². The molecule has 0 aliphatic rings. The quantitative estimate of drug-likeness (QED) is 0.298. The Balaban J connectivity index is 2.53. The summed E-state index contributed by atoms with van der Waals surface area (Å²) in [5, 5.41) is 10.1. The van der Waals surface area contributed by atoms with Gasteiger partial charge in [-0.15, -0.1) is 0 Å². The molecule has 0 aliphatic heterocycles. The van der Waals surface area contributed by atoms with Crippen molar-refractivity contribution in [1.29, 1.82) is 0 Å². The van der Waals surface area contributed by atoms with E-state index in [1.54, 1.807) is 30.3 Å². The average molecular weight is 424 g/mol. The molecule has 11 heteroatoms. The van der Waals surface area contributed by atoms with Crippen molar-refractivity contribution in [3.63, 3.8) is 0 Å². The fraction of sp³-hybridized carbons (Fsp3) is 0.562. The van der Waals surface area contributed by atoms with Gasteiger partial charge < -0.3 is 9.84 Å². The number of benzene rings is 1. The van der Waals surface area contributed by atoms with Gasteiger partial charge in [-0.3, -0.25) is 8.74 Å². The van der Waals surface area contributed by atoms with Crippen molar-refractivity contribution in [2.45, 2.75) is 33.0 Å². The van der Waals surface area contributed by atoms with Crippen molar-refractivity contribution >= 4 is 26.2 Å². The lowest BCUT2D eigenvalue weighted by Crippen LogP contribution is -2.41. The van der Waals surface area contributed by atoms with Crippen LogP contribution in [-0.2, 0) is 40.6 Å². The summed E-state index contributed by atoms with van der Waals surface area (Å²) in [6.07, 6.45) is -1.97. The molecule has 1 rings (SSSR count). The first-order valence-corrected chi connectivity index (χ1v) is 11.2. The second-order valence-electron chi connectivity index (χ2n) is 6.65. The molecule has 0 aliphatic carbocycles. The third-order valence-electron chi connectivity index (χ3n) is 3.59. The lowest BCUT2D eigenvalue weighted by atomic mass is 9.88.